The monoisotopic (exact) mass is 299 g/mol. The third kappa shape index (κ3) is 2.72. The van der Waals surface area contributed by atoms with Crippen molar-refractivity contribution in [2.45, 2.75) is 11.8 Å². The Hall–Kier alpha value is -2.15. The lowest BCUT2D eigenvalue weighted by Gasteiger charge is -2.12. The number of sulfonamides is 1. The summed E-state index contributed by atoms with van der Waals surface area (Å²) in [5.74, 6) is -2.25. The number of aromatic hydroxyl groups is 1. The summed E-state index contributed by atoms with van der Waals surface area (Å²) in [6, 6.07) is 6.51. The summed E-state index contributed by atoms with van der Waals surface area (Å²) in [5, 5.41) is 9.63. The van der Waals surface area contributed by atoms with Gasteiger partial charge in [0.25, 0.3) is 10.0 Å². The van der Waals surface area contributed by atoms with Crippen molar-refractivity contribution in [3.8, 4) is 5.75 Å². The van der Waals surface area contributed by atoms with Gasteiger partial charge in [0.15, 0.2) is 0 Å². The summed E-state index contributed by atoms with van der Waals surface area (Å²) in [5.41, 5.74) is 0.376. The van der Waals surface area contributed by atoms with E-state index in [2.05, 4.69) is 4.72 Å². The molecular formula is C13H11F2NO3S. The quantitative estimate of drug-likeness (QED) is 0.856. The Labute approximate surface area is 114 Å². The molecule has 7 heteroatoms. The van der Waals surface area contributed by atoms with Crippen LogP contribution < -0.4 is 4.72 Å². The van der Waals surface area contributed by atoms with Crippen LogP contribution in [-0.2, 0) is 10.0 Å². The van der Waals surface area contributed by atoms with E-state index in [1.54, 1.807) is 13.0 Å². The van der Waals surface area contributed by atoms with Gasteiger partial charge in [-0.3, -0.25) is 4.72 Å². The van der Waals surface area contributed by atoms with Gasteiger partial charge in [-0.05, 0) is 36.8 Å². The molecule has 0 saturated heterocycles. The predicted molar refractivity (Wildman–Crippen MR) is 70.0 cm³/mol. The largest absolute Gasteiger partial charge is 0.506 e. The highest BCUT2D eigenvalue weighted by Gasteiger charge is 2.22. The van der Waals surface area contributed by atoms with E-state index in [1.807, 2.05) is 0 Å². The van der Waals surface area contributed by atoms with Gasteiger partial charge in [-0.2, -0.15) is 0 Å². The molecule has 0 fully saturated rings. The summed E-state index contributed by atoms with van der Waals surface area (Å²) < 4.78 is 52.7. The molecule has 2 rings (SSSR count). The molecule has 2 aromatic carbocycles. The van der Waals surface area contributed by atoms with E-state index in [9.17, 15) is 22.3 Å². The van der Waals surface area contributed by atoms with E-state index < -0.39 is 26.6 Å². The van der Waals surface area contributed by atoms with E-state index in [-0.39, 0.29) is 11.4 Å². The SMILES string of the molecule is Cc1cccc(O)c1NS(=O)(=O)c1cc(F)ccc1F. The molecule has 0 aliphatic carbocycles. The molecular weight excluding hydrogens is 288 g/mol. The second-order valence-electron chi connectivity index (χ2n) is 4.15. The van der Waals surface area contributed by atoms with Gasteiger partial charge >= 0.3 is 0 Å². The van der Waals surface area contributed by atoms with Gasteiger partial charge in [0.05, 0.1) is 5.69 Å². The van der Waals surface area contributed by atoms with Crippen LogP contribution >= 0.6 is 0 Å². The van der Waals surface area contributed by atoms with Gasteiger partial charge in [-0.1, -0.05) is 12.1 Å². The number of hydrogen-bond acceptors (Lipinski definition) is 3. The van der Waals surface area contributed by atoms with Gasteiger partial charge in [-0.25, -0.2) is 17.2 Å². The fourth-order valence-electron chi connectivity index (χ4n) is 1.66. The van der Waals surface area contributed by atoms with Crippen molar-refractivity contribution in [3.63, 3.8) is 0 Å². The molecule has 0 bridgehead atoms. The molecule has 0 radical (unpaired) electrons. The molecule has 2 aromatic rings. The lowest BCUT2D eigenvalue weighted by molar-refractivity contribution is 0.477. The van der Waals surface area contributed by atoms with Gasteiger partial charge < -0.3 is 5.11 Å². The van der Waals surface area contributed by atoms with Crippen LogP contribution in [0.15, 0.2) is 41.3 Å². The number of nitrogens with one attached hydrogen (secondary N) is 1. The maximum atomic E-state index is 13.5. The molecule has 0 aliphatic heterocycles. The molecule has 0 heterocycles. The van der Waals surface area contributed by atoms with E-state index >= 15 is 0 Å². The molecule has 2 N–H and O–H groups in total. The van der Waals surface area contributed by atoms with Gasteiger partial charge in [0.1, 0.15) is 22.3 Å². The van der Waals surface area contributed by atoms with Crippen LogP contribution in [0.5, 0.6) is 5.75 Å². The standard InChI is InChI=1S/C13H11F2NO3S/c1-8-3-2-4-11(17)13(8)16-20(18,19)12-7-9(14)5-6-10(12)15/h2-7,16-17H,1H3. The number of aryl methyl sites for hydroxylation is 1. The number of phenols is 1. The fourth-order valence-corrected chi connectivity index (χ4v) is 2.89. The molecule has 106 valence electrons. The minimum absolute atomic E-state index is 0.0730. The predicted octanol–water partition coefficient (Wildman–Crippen LogP) is 2.78. The molecule has 4 nitrogen and oxygen atoms in total. The normalized spacial score (nSPS) is 11.3. The van der Waals surface area contributed by atoms with Crippen LogP contribution in [0.4, 0.5) is 14.5 Å². The first-order valence-electron chi connectivity index (χ1n) is 5.58. The highest BCUT2D eigenvalue weighted by Crippen LogP contribution is 2.29. The lowest BCUT2D eigenvalue weighted by atomic mass is 10.2. The molecule has 0 spiro atoms. The minimum atomic E-state index is -4.34. The number of para-hydroxylation sites is 1. The van der Waals surface area contributed by atoms with Crippen molar-refractivity contribution in [3.05, 3.63) is 53.6 Å². The number of rotatable bonds is 3. The lowest BCUT2D eigenvalue weighted by Crippen LogP contribution is -2.15. The van der Waals surface area contributed by atoms with Crippen molar-refractivity contribution >= 4 is 15.7 Å². The maximum absolute atomic E-state index is 13.5. The molecule has 0 aliphatic rings. The zero-order chi connectivity index (χ0) is 14.9. The van der Waals surface area contributed by atoms with Crippen molar-refractivity contribution in [1.82, 2.24) is 0 Å². The van der Waals surface area contributed by atoms with Gasteiger partial charge in [0.2, 0.25) is 0 Å². The van der Waals surface area contributed by atoms with Crippen LogP contribution in [0.2, 0.25) is 0 Å². The maximum Gasteiger partial charge on any atom is 0.265 e. The summed E-state index contributed by atoms with van der Waals surface area (Å²) >= 11 is 0. The van der Waals surface area contributed by atoms with Gasteiger partial charge in [0, 0.05) is 0 Å². The van der Waals surface area contributed by atoms with E-state index in [0.717, 1.165) is 12.1 Å². The third-order valence-electron chi connectivity index (χ3n) is 2.67. The van der Waals surface area contributed by atoms with Crippen molar-refractivity contribution < 1.29 is 22.3 Å². The van der Waals surface area contributed by atoms with Crippen molar-refractivity contribution in [1.29, 1.82) is 0 Å². The summed E-state index contributed by atoms with van der Waals surface area (Å²) in [7, 11) is -4.34. The topological polar surface area (TPSA) is 66.4 Å². The Kier molecular flexibility index (Phi) is 3.63. The Morgan fingerprint density at radius 2 is 1.85 bits per heavy atom. The Bertz CT molecular complexity index is 740. The van der Waals surface area contributed by atoms with E-state index in [0.29, 0.717) is 11.6 Å². The van der Waals surface area contributed by atoms with Crippen LogP contribution in [-0.4, -0.2) is 13.5 Å². The average Bonchev–Trinajstić information content (AvgIpc) is 2.37. The molecule has 20 heavy (non-hydrogen) atoms. The second-order valence-corrected chi connectivity index (χ2v) is 5.80. The molecule has 0 saturated carbocycles. The highest BCUT2D eigenvalue weighted by atomic mass is 32.2. The second kappa shape index (κ2) is 5.09. The van der Waals surface area contributed by atoms with Crippen molar-refractivity contribution in [2.24, 2.45) is 0 Å². The zero-order valence-electron chi connectivity index (χ0n) is 10.4. The zero-order valence-corrected chi connectivity index (χ0v) is 11.2. The average molecular weight is 299 g/mol. The van der Waals surface area contributed by atoms with E-state index in [1.165, 1.54) is 12.1 Å². The molecule has 0 amide bonds. The van der Waals surface area contributed by atoms with Crippen LogP contribution in [0.25, 0.3) is 0 Å². The first kappa shape index (κ1) is 14.3. The minimum Gasteiger partial charge on any atom is -0.506 e. The summed E-state index contributed by atoms with van der Waals surface area (Å²) in [6.45, 7) is 1.57. The number of benzene rings is 2. The smallest absolute Gasteiger partial charge is 0.265 e. The van der Waals surface area contributed by atoms with Crippen molar-refractivity contribution in [2.75, 3.05) is 4.72 Å². The molecule has 0 unspecified atom stereocenters. The van der Waals surface area contributed by atoms with Crippen LogP contribution in [0.3, 0.4) is 0 Å². The first-order chi connectivity index (χ1) is 9.31. The van der Waals surface area contributed by atoms with Crippen LogP contribution in [0, 0.1) is 18.6 Å². The number of anilines is 1. The molecule has 0 atom stereocenters. The number of hydrogen-bond donors (Lipinski definition) is 2. The Morgan fingerprint density at radius 1 is 1.15 bits per heavy atom. The third-order valence-corrected chi connectivity index (χ3v) is 4.03. The number of halogens is 2. The summed E-state index contributed by atoms with van der Waals surface area (Å²) in [4.78, 5) is -0.819. The van der Waals surface area contributed by atoms with Crippen LogP contribution in [0.1, 0.15) is 5.56 Å². The fraction of sp³-hybridized carbons (Fsp3) is 0.0769. The molecule has 0 aromatic heterocycles. The summed E-state index contributed by atoms with van der Waals surface area (Å²) in [6.07, 6.45) is 0. The number of phenolic OH excluding ortho intramolecular Hbond substituents is 1. The van der Waals surface area contributed by atoms with Gasteiger partial charge in [-0.15, -0.1) is 0 Å². The first-order valence-corrected chi connectivity index (χ1v) is 7.06. The highest BCUT2D eigenvalue weighted by molar-refractivity contribution is 7.92. The van der Waals surface area contributed by atoms with E-state index in [4.69, 9.17) is 0 Å². The Balaban J connectivity index is 2.49. The Morgan fingerprint density at radius 3 is 2.50 bits per heavy atom.